The summed E-state index contributed by atoms with van der Waals surface area (Å²) in [6, 6.07) is 9.06. The third kappa shape index (κ3) is 8.17. The second-order valence-corrected chi connectivity index (χ2v) is 11.7. The Labute approximate surface area is 242 Å². The predicted octanol–water partition coefficient (Wildman–Crippen LogP) is 4.91. The van der Waals surface area contributed by atoms with Crippen molar-refractivity contribution in [3.05, 3.63) is 52.0 Å². The molecule has 4 bridgehead atoms. The number of alkyl carbamates (subject to hydrolysis) is 1. The Morgan fingerprint density at radius 3 is 2.48 bits per heavy atom. The summed E-state index contributed by atoms with van der Waals surface area (Å²) in [5.74, 6) is 0.151. The molecular weight excluding hydrogens is 580 g/mol. The summed E-state index contributed by atoms with van der Waals surface area (Å²) in [5, 5.41) is 19.0. The lowest BCUT2D eigenvalue weighted by molar-refractivity contribution is -0.129. The molecule has 0 saturated carbocycles. The SMILES string of the molecule is C[C@@H]1NC(=O)[C@H](NC(=O)OC(C)(C)C)Cc2ccc(cc2)Oc2cc(cc(Br)c2N=NN2CCCC2)CNC1=O. The first kappa shape index (κ1) is 29.3. The smallest absolute Gasteiger partial charge is 0.408 e. The molecule has 2 atom stereocenters. The number of hydrogen-bond donors (Lipinski definition) is 3. The molecule has 3 aliphatic heterocycles. The van der Waals surface area contributed by atoms with Crippen molar-refractivity contribution in [2.75, 3.05) is 13.1 Å². The van der Waals surface area contributed by atoms with E-state index in [4.69, 9.17) is 9.47 Å². The summed E-state index contributed by atoms with van der Waals surface area (Å²) in [5.41, 5.74) is 1.34. The van der Waals surface area contributed by atoms with E-state index in [9.17, 15) is 14.4 Å². The molecule has 3 N–H and O–H groups in total. The Morgan fingerprint density at radius 2 is 1.80 bits per heavy atom. The second kappa shape index (κ2) is 12.7. The van der Waals surface area contributed by atoms with Crippen molar-refractivity contribution < 1.29 is 23.9 Å². The molecule has 11 nitrogen and oxygen atoms in total. The van der Waals surface area contributed by atoms with E-state index in [2.05, 4.69) is 42.2 Å². The number of hydrogen-bond acceptors (Lipinski definition) is 7. The van der Waals surface area contributed by atoms with Gasteiger partial charge in [-0.2, -0.15) is 0 Å². The lowest BCUT2D eigenvalue weighted by atomic mass is 10.0. The topological polar surface area (TPSA) is 134 Å². The maximum atomic E-state index is 13.1. The Hall–Kier alpha value is -3.67. The van der Waals surface area contributed by atoms with Crippen LogP contribution >= 0.6 is 15.9 Å². The fourth-order valence-corrected chi connectivity index (χ4v) is 4.81. The van der Waals surface area contributed by atoms with Crippen LogP contribution < -0.4 is 20.7 Å². The summed E-state index contributed by atoms with van der Waals surface area (Å²) in [4.78, 5) is 38.5. The van der Waals surface area contributed by atoms with Crippen LogP contribution in [0.3, 0.4) is 0 Å². The predicted molar refractivity (Wildman–Crippen MR) is 152 cm³/mol. The van der Waals surface area contributed by atoms with Crippen molar-refractivity contribution >= 4 is 39.5 Å². The average Bonchev–Trinajstić information content (AvgIpc) is 3.39. The van der Waals surface area contributed by atoms with E-state index >= 15 is 0 Å². The first-order chi connectivity index (χ1) is 19.0. The van der Waals surface area contributed by atoms with Crippen LogP contribution in [0.4, 0.5) is 10.5 Å². The molecule has 214 valence electrons. The van der Waals surface area contributed by atoms with E-state index in [1.165, 1.54) is 0 Å². The van der Waals surface area contributed by atoms with Gasteiger partial charge in [-0.25, -0.2) is 4.79 Å². The number of fused-ring (bicyclic) bond motifs is 9. The molecule has 0 unspecified atom stereocenters. The largest absolute Gasteiger partial charge is 0.455 e. The zero-order chi connectivity index (χ0) is 28.9. The van der Waals surface area contributed by atoms with Crippen LogP contribution in [0.25, 0.3) is 0 Å². The molecule has 3 heterocycles. The first-order valence-corrected chi connectivity index (χ1v) is 14.1. The van der Waals surface area contributed by atoms with Gasteiger partial charge in [-0.05, 0) is 91.9 Å². The molecule has 0 radical (unpaired) electrons. The molecule has 1 saturated heterocycles. The second-order valence-electron chi connectivity index (χ2n) is 10.9. The Bertz CT molecular complexity index is 1270. The molecule has 2 aromatic rings. The number of carbonyl (C=O) groups is 3. The number of halogens is 1. The lowest BCUT2D eigenvalue weighted by Gasteiger charge is -2.24. The van der Waals surface area contributed by atoms with Crippen LogP contribution in [-0.4, -0.2) is 53.7 Å². The van der Waals surface area contributed by atoms with Crippen molar-refractivity contribution in [2.24, 2.45) is 10.3 Å². The molecular formula is C28H35BrN6O5. The van der Waals surface area contributed by atoms with Gasteiger partial charge in [0, 0.05) is 30.5 Å². The zero-order valence-electron chi connectivity index (χ0n) is 23.1. The van der Waals surface area contributed by atoms with Gasteiger partial charge in [0.05, 0.1) is 0 Å². The summed E-state index contributed by atoms with van der Waals surface area (Å²) >= 11 is 3.59. The van der Waals surface area contributed by atoms with Crippen LogP contribution in [0.2, 0.25) is 0 Å². The van der Waals surface area contributed by atoms with Crippen LogP contribution in [0.1, 0.15) is 51.7 Å². The number of ether oxygens (including phenoxy) is 2. The minimum Gasteiger partial charge on any atom is -0.455 e. The molecule has 12 heteroatoms. The van der Waals surface area contributed by atoms with E-state index in [1.807, 2.05) is 29.3 Å². The highest BCUT2D eigenvalue weighted by molar-refractivity contribution is 9.10. The zero-order valence-corrected chi connectivity index (χ0v) is 24.7. The third-order valence-electron chi connectivity index (χ3n) is 6.26. The van der Waals surface area contributed by atoms with Crippen LogP contribution in [-0.2, 0) is 27.3 Å². The molecule has 5 rings (SSSR count). The highest BCUT2D eigenvalue weighted by atomic mass is 79.9. The number of benzene rings is 2. The Balaban J connectivity index is 1.64. The first-order valence-electron chi connectivity index (χ1n) is 13.3. The highest BCUT2D eigenvalue weighted by Gasteiger charge is 2.27. The quantitative estimate of drug-likeness (QED) is 0.421. The molecule has 0 spiro atoms. The van der Waals surface area contributed by atoms with Crippen LogP contribution in [0, 0.1) is 0 Å². The van der Waals surface area contributed by atoms with Gasteiger partial charge < -0.3 is 25.4 Å². The summed E-state index contributed by atoms with van der Waals surface area (Å²) in [6.07, 6.45) is 1.62. The summed E-state index contributed by atoms with van der Waals surface area (Å²) in [6.45, 7) is 8.72. The van der Waals surface area contributed by atoms with Gasteiger partial charge in [0.15, 0.2) is 5.75 Å². The van der Waals surface area contributed by atoms with E-state index in [1.54, 1.807) is 39.8 Å². The maximum Gasteiger partial charge on any atom is 0.408 e. The average molecular weight is 616 g/mol. The minimum absolute atomic E-state index is 0.177. The lowest BCUT2D eigenvalue weighted by Crippen LogP contribution is -2.54. The van der Waals surface area contributed by atoms with E-state index in [-0.39, 0.29) is 18.9 Å². The van der Waals surface area contributed by atoms with Gasteiger partial charge in [0.25, 0.3) is 0 Å². The third-order valence-corrected chi connectivity index (χ3v) is 6.86. The van der Waals surface area contributed by atoms with E-state index in [0.717, 1.165) is 37.1 Å². The molecule has 3 amide bonds. The molecule has 0 aliphatic carbocycles. The van der Waals surface area contributed by atoms with Crippen LogP contribution in [0.5, 0.6) is 11.5 Å². The van der Waals surface area contributed by atoms with Crippen molar-refractivity contribution in [3.63, 3.8) is 0 Å². The molecule has 40 heavy (non-hydrogen) atoms. The number of rotatable bonds is 3. The molecule has 3 aliphatic rings. The van der Waals surface area contributed by atoms with Crippen molar-refractivity contribution in [1.82, 2.24) is 21.0 Å². The molecule has 0 aromatic heterocycles. The van der Waals surface area contributed by atoms with Gasteiger partial charge in [-0.15, -0.1) is 5.11 Å². The monoisotopic (exact) mass is 614 g/mol. The van der Waals surface area contributed by atoms with Crippen LogP contribution in [0.15, 0.2) is 51.2 Å². The fraction of sp³-hybridized carbons (Fsp3) is 0.464. The summed E-state index contributed by atoms with van der Waals surface area (Å²) in [7, 11) is 0. The normalized spacial score (nSPS) is 20.2. The van der Waals surface area contributed by atoms with E-state index < -0.39 is 29.7 Å². The van der Waals surface area contributed by atoms with E-state index in [0.29, 0.717) is 21.7 Å². The van der Waals surface area contributed by atoms with Gasteiger partial charge in [0.2, 0.25) is 11.8 Å². The number of nitrogens with one attached hydrogen (secondary N) is 3. The number of nitrogens with zero attached hydrogens (tertiary/aromatic N) is 3. The number of amides is 3. The highest BCUT2D eigenvalue weighted by Crippen LogP contribution is 2.40. The molecule has 2 aromatic carbocycles. The van der Waals surface area contributed by atoms with Crippen molar-refractivity contribution in [2.45, 2.75) is 71.2 Å². The number of carbonyl (C=O) groups excluding carboxylic acids is 3. The van der Waals surface area contributed by atoms with Crippen molar-refractivity contribution in [1.29, 1.82) is 0 Å². The standard InChI is InChI=1S/C28H35BrN6O5/c1-17-25(36)30-16-19-13-21(29)24(33-34-35-11-5-6-12-35)23(15-19)39-20-9-7-18(8-10-20)14-22(26(37)31-17)32-27(38)40-28(2,3)4/h7-10,13,15,17,22H,5-6,11-12,14,16H2,1-4H3,(H,30,36)(H,31,37)(H,32,38)/t17-,22+/m0/s1. The Morgan fingerprint density at radius 1 is 1.10 bits per heavy atom. The van der Waals surface area contributed by atoms with Crippen molar-refractivity contribution in [3.8, 4) is 11.5 Å². The summed E-state index contributed by atoms with van der Waals surface area (Å²) < 4.78 is 12.3. The Kier molecular flexibility index (Phi) is 9.28. The maximum absolute atomic E-state index is 13.1. The molecule has 1 fully saturated rings. The minimum atomic E-state index is -0.967. The van der Waals surface area contributed by atoms with Gasteiger partial charge in [-0.1, -0.05) is 17.4 Å². The van der Waals surface area contributed by atoms with Gasteiger partial charge >= 0.3 is 6.09 Å². The van der Waals surface area contributed by atoms with Gasteiger partial charge in [-0.3, -0.25) is 14.6 Å². The van der Waals surface area contributed by atoms with Gasteiger partial charge in [0.1, 0.15) is 29.1 Å². The fourth-order valence-electron chi connectivity index (χ4n) is 4.24.